The van der Waals surface area contributed by atoms with Gasteiger partial charge in [-0.1, -0.05) is 0 Å². The first kappa shape index (κ1) is 29.4. The molecule has 41 heavy (non-hydrogen) atoms. The van der Waals surface area contributed by atoms with Crippen LogP contribution in [-0.2, 0) is 24.2 Å². The number of carbonyl (C=O) groups is 2. The van der Waals surface area contributed by atoms with Crippen molar-refractivity contribution in [1.29, 1.82) is 0 Å². The van der Waals surface area contributed by atoms with Gasteiger partial charge in [0.2, 0.25) is 0 Å². The third-order valence-corrected chi connectivity index (χ3v) is 10.4. The number of piperidine rings is 1. The van der Waals surface area contributed by atoms with Gasteiger partial charge in [0.05, 0.1) is 33.7 Å². The predicted octanol–water partition coefficient (Wildman–Crippen LogP) is 3.44. The van der Waals surface area contributed by atoms with E-state index in [2.05, 4.69) is 5.48 Å². The molecule has 0 unspecified atom stereocenters. The Morgan fingerprint density at radius 1 is 1.05 bits per heavy atom. The van der Waals surface area contributed by atoms with Gasteiger partial charge in [-0.15, -0.1) is 0 Å². The maximum absolute atomic E-state index is 15.5. The number of nitrogens with one attached hydrogen (secondary N) is 1. The van der Waals surface area contributed by atoms with Crippen molar-refractivity contribution >= 4 is 33.3 Å². The van der Waals surface area contributed by atoms with Crippen LogP contribution in [-0.4, -0.2) is 86.7 Å². The number of halogens is 1. The summed E-state index contributed by atoms with van der Waals surface area (Å²) >= 11 is 0. The Balaban J connectivity index is 1.25. The minimum atomic E-state index is -3.75. The molecule has 1 aromatic carbocycles. The van der Waals surface area contributed by atoms with Crippen molar-refractivity contribution in [2.75, 3.05) is 42.5 Å². The lowest BCUT2D eigenvalue weighted by Gasteiger charge is -2.33. The van der Waals surface area contributed by atoms with Crippen LogP contribution in [0.1, 0.15) is 58.8 Å². The number of likely N-dealkylation sites (tertiary alicyclic amines) is 1. The predicted molar refractivity (Wildman–Crippen MR) is 150 cm³/mol. The molecule has 0 radical (unpaired) electrons. The summed E-state index contributed by atoms with van der Waals surface area (Å²) in [5.74, 6) is -1.65. The van der Waals surface area contributed by atoms with Crippen LogP contribution < -0.4 is 15.3 Å². The van der Waals surface area contributed by atoms with Crippen LogP contribution >= 0.6 is 0 Å². The van der Waals surface area contributed by atoms with E-state index in [0.29, 0.717) is 77.7 Å². The Morgan fingerprint density at radius 2 is 1.78 bits per heavy atom. The molecule has 3 heterocycles. The number of hydroxylamine groups is 1. The minimum Gasteiger partial charge on any atom is -0.480 e. The van der Waals surface area contributed by atoms with E-state index in [4.69, 9.17) is 9.57 Å². The maximum Gasteiger partial charge on any atom is 0.410 e. The lowest BCUT2D eigenvalue weighted by atomic mass is 10.1. The molecule has 5 rings (SSSR count). The van der Waals surface area contributed by atoms with Crippen LogP contribution in [0.3, 0.4) is 0 Å². The first-order chi connectivity index (χ1) is 19.5. The second kappa shape index (κ2) is 12.0. The average Bonchev–Trinajstić information content (AvgIpc) is 3.69. The molecule has 2 N–H and O–H groups in total. The number of anilines is 2. The molecule has 1 aliphatic carbocycles. The Bertz CT molecular complexity index is 1290. The van der Waals surface area contributed by atoms with Gasteiger partial charge in [-0.2, -0.15) is 0 Å². The van der Waals surface area contributed by atoms with Crippen molar-refractivity contribution < 1.29 is 37.1 Å². The van der Waals surface area contributed by atoms with Crippen LogP contribution in [0.5, 0.6) is 0 Å². The summed E-state index contributed by atoms with van der Waals surface area (Å²) in [7, 11) is -3.75. The molecule has 0 aromatic heterocycles. The number of rotatable bonds is 9. The van der Waals surface area contributed by atoms with E-state index in [9.17, 15) is 23.1 Å². The number of carboxylic acid groups (broad SMARTS) is 1. The highest BCUT2D eigenvalue weighted by Gasteiger charge is 2.42. The standard InChI is InChI=1S/C28H39FN4O7S/c1-18(2)39-28(36)32-14-9-20(10-15-32)40-30-19-7-12-31(13-8-19)24-17-25(33-11-3-4-23(33)27(34)35)26(16-22(24)29)41(37,38)21-5-6-21/h7,16-18,20-21,23,30H,3-6,8-15H2,1-2H3,(H,34,35)/t23-/m0/s1. The third kappa shape index (κ3) is 6.56. The zero-order valence-corrected chi connectivity index (χ0v) is 24.4. The molecule has 1 amide bonds. The van der Waals surface area contributed by atoms with Crippen molar-refractivity contribution in [2.24, 2.45) is 0 Å². The zero-order valence-electron chi connectivity index (χ0n) is 23.6. The molecule has 3 aliphatic heterocycles. The Kier molecular flexibility index (Phi) is 8.65. The van der Waals surface area contributed by atoms with Crippen molar-refractivity contribution in [3.63, 3.8) is 0 Å². The van der Waals surface area contributed by atoms with Crippen LogP contribution in [0.2, 0.25) is 0 Å². The molecule has 1 aromatic rings. The van der Waals surface area contributed by atoms with Crippen molar-refractivity contribution in [2.45, 2.75) is 87.2 Å². The molecule has 11 nitrogen and oxygen atoms in total. The van der Waals surface area contributed by atoms with Crippen LogP contribution in [0.4, 0.5) is 20.6 Å². The largest absolute Gasteiger partial charge is 0.480 e. The Morgan fingerprint density at radius 3 is 2.39 bits per heavy atom. The first-order valence-electron chi connectivity index (χ1n) is 14.4. The molecule has 2 saturated heterocycles. The fraction of sp³-hybridized carbons (Fsp3) is 0.643. The van der Waals surface area contributed by atoms with Gasteiger partial charge < -0.3 is 24.5 Å². The summed E-state index contributed by atoms with van der Waals surface area (Å²) in [6.07, 6.45) is 5.39. The van der Waals surface area contributed by atoms with E-state index < -0.39 is 32.9 Å². The fourth-order valence-corrected chi connectivity index (χ4v) is 7.52. The Labute approximate surface area is 240 Å². The summed E-state index contributed by atoms with van der Waals surface area (Å²) in [6.45, 7) is 5.99. The number of sulfone groups is 1. The van der Waals surface area contributed by atoms with E-state index in [1.165, 1.54) is 6.07 Å². The van der Waals surface area contributed by atoms with Crippen molar-refractivity contribution in [3.8, 4) is 0 Å². The van der Waals surface area contributed by atoms with Gasteiger partial charge in [0, 0.05) is 44.8 Å². The van der Waals surface area contributed by atoms with Gasteiger partial charge >= 0.3 is 12.1 Å². The average molecular weight is 595 g/mol. The number of hydrogen-bond acceptors (Lipinski definition) is 9. The number of carbonyl (C=O) groups excluding carboxylic acids is 1. The first-order valence-corrected chi connectivity index (χ1v) is 16.0. The maximum atomic E-state index is 15.5. The molecule has 0 bridgehead atoms. The minimum absolute atomic E-state index is 0.0550. The van der Waals surface area contributed by atoms with Crippen LogP contribution in [0.15, 0.2) is 28.8 Å². The molecular formula is C28H39FN4O7S. The van der Waals surface area contributed by atoms with Gasteiger partial charge in [0.1, 0.15) is 11.9 Å². The summed E-state index contributed by atoms with van der Waals surface area (Å²) < 4.78 is 47.2. The summed E-state index contributed by atoms with van der Waals surface area (Å²) in [6, 6.07) is 1.76. The highest BCUT2D eigenvalue weighted by atomic mass is 32.2. The van der Waals surface area contributed by atoms with Crippen LogP contribution in [0.25, 0.3) is 0 Å². The van der Waals surface area contributed by atoms with Gasteiger partial charge in [-0.25, -0.2) is 22.4 Å². The van der Waals surface area contributed by atoms with Crippen molar-refractivity contribution in [1.82, 2.24) is 10.4 Å². The van der Waals surface area contributed by atoms with E-state index in [-0.39, 0.29) is 34.6 Å². The quantitative estimate of drug-likeness (QED) is 0.410. The summed E-state index contributed by atoms with van der Waals surface area (Å²) in [5.41, 5.74) is 4.42. The lowest BCUT2D eigenvalue weighted by molar-refractivity contribution is -0.138. The number of ether oxygens (including phenoxy) is 1. The van der Waals surface area contributed by atoms with Crippen LogP contribution in [0, 0.1) is 5.82 Å². The highest BCUT2D eigenvalue weighted by Crippen LogP contribution is 2.42. The molecule has 13 heteroatoms. The van der Waals surface area contributed by atoms with Gasteiger partial charge in [-0.05, 0) is 70.6 Å². The van der Waals surface area contributed by atoms with Crippen molar-refractivity contribution in [3.05, 3.63) is 29.7 Å². The van der Waals surface area contributed by atoms with E-state index in [0.717, 1.165) is 11.8 Å². The molecular weight excluding hydrogens is 555 g/mol. The molecule has 4 aliphatic rings. The number of amides is 1. The van der Waals surface area contributed by atoms with Gasteiger partial charge in [0.15, 0.2) is 9.84 Å². The van der Waals surface area contributed by atoms with E-state index in [1.54, 1.807) is 9.80 Å². The SMILES string of the molecule is CC(C)OC(=O)N1CCC(ONC2=CCN(c3cc(N4CCC[C@H]4C(=O)O)c(S(=O)(=O)C4CC4)cc3F)CC2)CC1. The smallest absolute Gasteiger partial charge is 0.410 e. The molecule has 0 spiro atoms. The number of hydrogen-bond donors (Lipinski definition) is 2. The normalized spacial score (nSPS) is 22.2. The number of nitrogens with zero attached hydrogens (tertiary/aromatic N) is 3. The van der Waals surface area contributed by atoms with Gasteiger partial charge in [0.25, 0.3) is 0 Å². The monoisotopic (exact) mass is 594 g/mol. The fourth-order valence-electron chi connectivity index (χ4n) is 5.67. The van der Waals surface area contributed by atoms with Gasteiger partial charge in [-0.3, -0.25) is 10.3 Å². The highest BCUT2D eigenvalue weighted by molar-refractivity contribution is 7.92. The second-order valence-electron chi connectivity index (χ2n) is 11.5. The summed E-state index contributed by atoms with van der Waals surface area (Å²) in [5, 5.41) is 9.21. The number of benzene rings is 1. The van der Waals surface area contributed by atoms with E-state index >= 15 is 4.39 Å². The topological polar surface area (TPSA) is 129 Å². The third-order valence-electron chi connectivity index (χ3n) is 8.09. The summed E-state index contributed by atoms with van der Waals surface area (Å²) in [4.78, 5) is 34.9. The van der Waals surface area contributed by atoms with E-state index in [1.807, 2.05) is 24.8 Å². The second-order valence-corrected chi connectivity index (χ2v) is 13.7. The molecule has 1 saturated carbocycles. The zero-order chi connectivity index (χ0) is 29.3. The molecule has 3 fully saturated rings. The number of carboxylic acids is 1. The Hall–Kier alpha value is -3.06. The molecule has 226 valence electrons. The lowest BCUT2D eigenvalue weighted by Crippen LogP contribution is -2.43. The number of aliphatic carboxylic acids is 1. The molecule has 1 atom stereocenters.